The largest absolute Gasteiger partial charge is 0.469 e. The first-order valence-electron chi connectivity index (χ1n) is 25.1. The van der Waals surface area contributed by atoms with Crippen molar-refractivity contribution in [2.24, 2.45) is 5.92 Å². The molecular weight excluding hydrogens is 918 g/mol. The second-order valence-electron chi connectivity index (χ2n) is 18.7. The van der Waals surface area contributed by atoms with E-state index < -0.39 is 9.49 Å². The molecule has 0 aliphatic carbocycles. The number of carbonyl (C=O) groups excluding carboxylic acids is 2. The second-order valence-corrected chi connectivity index (χ2v) is 21.3. The van der Waals surface area contributed by atoms with Crippen LogP contribution in [0, 0.1) is 11.7 Å². The van der Waals surface area contributed by atoms with Crippen LogP contribution in [0.3, 0.4) is 0 Å². The Morgan fingerprint density at radius 3 is 1.48 bits per heavy atom. The van der Waals surface area contributed by atoms with Crippen LogP contribution < -0.4 is 5.32 Å². The van der Waals surface area contributed by atoms with Gasteiger partial charge < -0.3 is 10.1 Å². The van der Waals surface area contributed by atoms with E-state index in [-0.39, 0.29) is 42.1 Å². The van der Waals surface area contributed by atoms with Gasteiger partial charge in [0.1, 0.15) is 5.82 Å². The molecule has 4 atom stereocenters. The van der Waals surface area contributed by atoms with Crippen LogP contribution in [-0.2, 0) is 23.8 Å². The van der Waals surface area contributed by atoms with Crippen molar-refractivity contribution in [1.29, 1.82) is 0 Å². The van der Waals surface area contributed by atoms with Gasteiger partial charge >= 0.3 is 5.97 Å². The molecule has 0 spiro atoms. The fourth-order valence-corrected chi connectivity index (χ4v) is 14.4. The Hall–Kier alpha value is -5.97. The highest BCUT2D eigenvalue weighted by Crippen LogP contribution is 2.51. The van der Waals surface area contributed by atoms with Crippen molar-refractivity contribution in [2.75, 3.05) is 51.3 Å². The summed E-state index contributed by atoms with van der Waals surface area (Å²) in [6, 6.07) is 71.4. The van der Waals surface area contributed by atoms with Crippen LogP contribution in [0.5, 0.6) is 0 Å². The normalized spacial score (nSPS) is 18.0. The minimum atomic E-state index is -0.478. The Morgan fingerprint density at radius 1 is 0.606 bits per heavy atom. The number of rotatable bonds is 22. The summed E-state index contributed by atoms with van der Waals surface area (Å²) in [6.45, 7) is 3.01. The highest BCUT2D eigenvalue weighted by molar-refractivity contribution is 8.00. The molecule has 0 aromatic heterocycles. The predicted molar refractivity (Wildman–Crippen MR) is 290 cm³/mol. The zero-order valence-electron chi connectivity index (χ0n) is 40.5. The summed E-state index contributed by atoms with van der Waals surface area (Å²) < 4.78 is 18.5. The maximum absolute atomic E-state index is 14.3. The first-order valence-corrected chi connectivity index (χ1v) is 27.1. The van der Waals surface area contributed by atoms with Gasteiger partial charge in [0.05, 0.1) is 29.1 Å². The number of nitrogens with zero attached hydrogens (tertiary/aromatic N) is 2. The molecule has 2 heterocycles. The van der Waals surface area contributed by atoms with Gasteiger partial charge in [-0.15, -0.1) is 23.5 Å². The fourth-order valence-electron chi connectivity index (χ4n) is 11.4. The summed E-state index contributed by atoms with van der Waals surface area (Å²) in [6.07, 6.45) is 3.59. The van der Waals surface area contributed by atoms with Gasteiger partial charge in [-0.1, -0.05) is 194 Å². The van der Waals surface area contributed by atoms with Crippen molar-refractivity contribution in [2.45, 2.75) is 53.2 Å². The van der Waals surface area contributed by atoms with Gasteiger partial charge in [-0.3, -0.25) is 19.4 Å². The summed E-state index contributed by atoms with van der Waals surface area (Å²) in [5, 5.41) is 3.34. The highest BCUT2D eigenvalue weighted by atomic mass is 32.2. The summed E-state index contributed by atoms with van der Waals surface area (Å²) in [4.78, 5) is 32.7. The smallest absolute Gasteiger partial charge is 0.310 e. The zero-order chi connectivity index (χ0) is 48.9. The average molecular weight is 982 g/mol. The molecule has 2 saturated heterocycles. The summed E-state index contributed by atoms with van der Waals surface area (Å²) in [7, 11) is 1.48. The number of hydrogen-bond donors (Lipinski definition) is 1. The van der Waals surface area contributed by atoms with E-state index in [2.05, 4.69) is 197 Å². The van der Waals surface area contributed by atoms with Crippen LogP contribution in [0.25, 0.3) is 0 Å². The van der Waals surface area contributed by atoms with Crippen LogP contribution in [0.2, 0.25) is 0 Å². The molecule has 2 bridgehead atoms. The van der Waals surface area contributed by atoms with Gasteiger partial charge in [0, 0.05) is 42.6 Å². The molecule has 0 saturated carbocycles. The molecule has 7 aromatic rings. The topological polar surface area (TPSA) is 61.9 Å². The van der Waals surface area contributed by atoms with Crippen LogP contribution in [0.1, 0.15) is 70.5 Å². The number of benzene rings is 7. The molecule has 1 N–H and O–H groups in total. The number of fused-ring (bicyclic) bond motifs is 2. The van der Waals surface area contributed by atoms with Crippen LogP contribution in [-0.4, -0.2) is 85.1 Å². The Labute approximate surface area is 428 Å². The molecular formula is C62H64FN3O3S2. The minimum Gasteiger partial charge on any atom is -0.469 e. The first-order chi connectivity index (χ1) is 34.9. The lowest BCUT2D eigenvalue weighted by Gasteiger charge is -2.44. The maximum atomic E-state index is 14.3. The number of hydrogen-bond acceptors (Lipinski definition) is 7. The monoisotopic (exact) mass is 981 g/mol. The van der Waals surface area contributed by atoms with Crippen molar-refractivity contribution in [3.63, 3.8) is 0 Å². The summed E-state index contributed by atoms with van der Waals surface area (Å²) in [5.41, 5.74) is 8.21. The number of thioether (sulfide) groups is 2. The third-order valence-corrected chi connectivity index (χ3v) is 17.7. The van der Waals surface area contributed by atoms with Gasteiger partial charge in [0.2, 0.25) is 5.91 Å². The first kappa shape index (κ1) is 50.0. The van der Waals surface area contributed by atoms with Crippen molar-refractivity contribution < 1.29 is 18.7 Å². The molecule has 1 amide bonds. The van der Waals surface area contributed by atoms with Crippen molar-refractivity contribution in [1.82, 2.24) is 15.1 Å². The van der Waals surface area contributed by atoms with E-state index in [1.165, 1.54) is 52.6 Å². The zero-order valence-corrected chi connectivity index (χ0v) is 42.2. The van der Waals surface area contributed by atoms with Crippen LogP contribution in [0.4, 0.5) is 4.39 Å². The number of carbonyl (C=O) groups is 2. The van der Waals surface area contributed by atoms with E-state index in [0.29, 0.717) is 24.9 Å². The lowest BCUT2D eigenvalue weighted by molar-refractivity contribution is -0.150. The Bertz CT molecular complexity index is 2540. The third kappa shape index (κ3) is 11.2. The molecule has 1 unspecified atom stereocenters. The molecule has 364 valence electrons. The second kappa shape index (κ2) is 24.0. The van der Waals surface area contributed by atoms with E-state index in [0.717, 1.165) is 50.1 Å². The molecule has 7 aromatic carbocycles. The van der Waals surface area contributed by atoms with Gasteiger partial charge in [0.25, 0.3) is 0 Å². The van der Waals surface area contributed by atoms with Gasteiger partial charge in [-0.25, -0.2) is 4.39 Å². The number of ether oxygens (including phenoxy) is 1. The number of nitrogens with one attached hydrogen (secondary N) is 1. The van der Waals surface area contributed by atoms with E-state index >= 15 is 0 Å². The van der Waals surface area contributed by atoms with Gasteiger partial charge in [0.15, 0.2) is 0 Å². The molecule has 6 nitrogen and oxygen atoms in total. The number of amides is 1. The van der Waals surface area contributed by atoms with Crippen LogP contribution in [0.15, 0.2) is 206 Å². The van der Waals surface area contributed by atoms with Gasteiger partial charge in [-0.05, 0) is 89.8 Å². The number of esters is 1. The van der Waals surface area contributed by atoms with E-state index in [4.69, 9.17) is 4.74 Å². The lowest BCUT2D eigenvalue weighted by Crippen LogP contribution is -2.51. The average Bonchev–Trinajstić information content (AvgIpc) is 3.70. The van der Waals surface area contributed by atoms with Crippen LogP contribution >= 0.6 is 23.5 Å². The lowest BCUT2D eigenvalue weighted by atomic mass is 9.76. The van der Waals surface area contributed by atoms with Crippen molar-refractivity contribution >= 4 is 35.4 Å². The number of halogens is 1. The molecule has 71 heavy (non-hydrogen) atoms. The fraction of sp³-hybridized carbons (Fsp3) is 0.290. The maximum Gasteiger partial charge on any atom is 0.310 e. The Balaban J connectivity index is 0.933. The van der Waals surface area contributed by atoms with E-state index in [1.807, 2.05) is 35.7 Å². The van der Waals surface area contributed by atoms with Crippen molar-refractivity contribution in [3.05, 3.63) is 251 Å². The summed E-state index contributed by atoms with van der Waals surface area (Å²) >= 11 is 3.77. The van der Waals surface area contributed by atoms with E-state index in [9.17, 15) is 14.0 Å². The Morgan fingerprint density at radius 2 is 1.04 bits per heavy atom. The third-order valence-electron chi connectivity index (χ3n) is 14.6. The highest BCUT2D eigenvalue weighted by Gasteiger charge is 2.51. The quantitative estimate of drug-likeness (QED) is 0.0412. The van der Waals surface area contributed by atoms with Crippen molar-refractivity contribution in [3.8, 4) is 0 Å². The molecule has 2 fully saturated rings. The molecule has 0 radical (unpaired) electrons. The molecule has 2 aliphatic heterocycles. The SMILES string of the molecule is COC(=O)[C@@H]1[C@H]2CCC(C[C@H]1c1ccc(F)cc1)N2CCCN(CCSC(c1ccccc1)(c1ccccc1)c1ccccc1)CC(=O)NCCSC(c1ccccc1)(c1ccccc1)c1ccccc1. The van der Waals surface area contributed by atoms with Gasteiger partial charge in [-0.2, -0.15) is 0 Å². The predicted octanol–water partition coefficient (Wildman–Crippen LogP) is 12.2. The number of methoxy groups -OCH3 is 1. The molecule has 9 heteroatoms. The molecule has 2 aliphatic rings. The summed E-state index contributed by atoms with van der Waals surface area (Å²) in [5.74, 6) is 0.653. The molecule has 9 rings (SSSR count). The van der Waals surface area contributed by atoms with E-state index in [1.54, 1.807) is 0 Å². The standard InChI is InChI=1S/C62H64FN3O3S2/c1-69-60(68)59-56(47-33-35-54(63)36-34-47)45-55-37-38-57(59)66(55)41-20-40-65(42-44-71-62(51-27-14-5-15-28-51,52-29-16-6-17-30-52)53-31-18-7-19-32-53)46-58(67)64-39-43-70-61(48-21-8-2-9-22-48,49-23-10-3-11-24-49)50-25-12-4-13-26-50/h2-19,21-36,55-57,59H,20,37-46H2,1H3,(H,64,67)/t55?,56-,57+,59-/m0/s1. The number of piperidine rings is 1. The Kier molecular flexibility index (Phi) is 16.9. The minimum absolute atomic E-state index is 0.00621.